The molecule has 3 rings (SSSR count). The fourth-order valence-electron chi connectivity index (χ4n) is 1.95. The quantitative estimate of drug-likeness (QED) is 0.740. The van der Waals surface area contributed by atoms with Crippen molar-refractivity contribution < 1.29 is 4.74 Å². The molecule has 0 bridgehead atoms. The van der Waals surface area contributed by atoms with E-state index < -0.39 is 0 Å². The second kappa shape index (κ2) is 5.76. The summed E-state index contributed by atoms with van der Waals surface area (Å²) in [4.78, 5) is 16.3. The molecule has 3 aromatic rings. The van der Waals surface area contributed by atoms with E-state index in [4.69, 9.17) is 27.9 Å². The van der Waals surface area contributed by atoms with Crippen LogP contribution in [0.15, 0.2) is 53.5 Å². The van der Waals surface area contributed by atoms with Gasteiger partial charge in [0.25, 0.3) is 5.56 Å². The standard InChI is InChI=1S/C15H10Cl2N2O2/c16-10-5-11(17)7-13(6-10)21-9-12-8-15(20)19-4-2-1-3-14(19)18-12/h1-8H,9H2. The van der Waals surface area contributed by atoms with E-state index in [2.05, 4.69) is 4.98 Å². The van der Waals surface area contributed by atoms with Crippen molar-refractivity contribution >= 4 is 28.8 Å². The number of halogens is 2. The lowest BCUT2D eigenvalue weighted by Crippen LogP contribution is -2.16. The zero-order valence-corrected chi connectivity index (χ0v) is 12.3. The molecule has 0 spiro atoms. The van der Waals surface area contributed by atoms with Crippen molar-refractivity contribution in [1.29, 1.82) is 0 Å². The summed E-state index contributed by atoms with van der Waals surface area (Å²) in [5.74, 6) is 0.530. The van der Waals surface area contributed by atoms with Gasteiger partial charge >= 0.3 is 0 Å². The Morgan fingerprint density at radius 3 is 2.62 bits per heavy atom. The highest BCUT2D eigenvalue weighted by Crippen LogP contribution is 2.24. The lowest BCUT2D eigenvalue weighted by atomic mass is 10.3. The van der Waals surface area contributed by atoms with Gasteiger partial charge in [0.2, 0.25) is 0 Å². The third kappa shape index (κ3) is 3.17. The van der Waals surface area contributed by atoms with Crippen LogP contribution >= 0.6 is 23.2 Å². The van der Waals surface area contributed by atoms with Gasteiger partial charge in [-0.25, -0.2) is 4.98 Å². The van der Waals surface area contributed by atoms with Crippen molar-refractivity contribution in [2.45, 2.75) is 6.61 Å². The second-order valence-electron chi connectivity index (χ2n) is 4.41. The van der Waals surface area contributed by atoms with Crippen molar-refractivity contribution in [3.63, 3.8) is 0 Å². The first-order valence-corrected chi connectivity index (χ1v) is 6.94. The maximum atomic E-state index is 11.9. The van der Waals surface area contributed by atoms with Gasteiger partial charge in [-0.1, -0.05) is 29.3 Å². The highest BCUT2D eigenvalue weighted by Gasteiger charge is 2.04. The zero-order valence-electron chi connectivity index (χ0n) is 10.8. The summed E-state index contributed by atoms with van der Waals surface area (Å²) >= 11 is 11.8. The Morgan fingerprint density at radius 1 is 1.10 bits per heavy atom. The molecule has 0 fully saturated rings. The van der Waals surface area contributed by atoms with Gasteiger partial charge in [-0.05, 0) is 30.3 Å². The molecule has 0 unspecified atom stereocenters. The molecule has 2 aromatic heterocycles. The Morgan fingerprint density at radius 2 is 1.86 bits per heavy atom. The number of hydrogen-bond acceptors (Lipinski definition) is 3. The van der Waals surface area contributed by atoms with Crippen molar-refractivity contribution in [3.8, 4) is 5.75 Å². The highest BCUT2D eigenvalue weighted by molar-refractivity contribution is 6.34. The SMILES string of the molecule is O=c1cc(COc2cc(Cl)cc(Cl)c2)nc2ccccn12. The Hall–Kier alpha value is -2.04. The molecule has 2 heterocycles. The molecule has 0 radical (unpaired) electrons. The van der Waals surface area contributed by atoms with E-state index in [1.54, 1.807) is 36.5 Å². The molecule has 0 atom stereocenters. The number of aromatic nitrogens is 2. The maximum Gasteiger partial charge on any atom is 0.258 e. The summed E-state index contributed by atoms with van der Waals surface area (Å²) in [6.45, 7) is 0.164. The van der Waals surface area contributed by atoms with Crippen molar-refractivity contribution in [3.05, 3.63) is 74.8 Å². The first-order valence-electron chi connectivity index (χ1n) is 6.18. The molecule has 0 saturated carbocycles. The number of pyridine rings is 1. The largest absolute Gasteiger partial charge is 0.487 e. The van der Waals surface area contributed by atoms with E-state index in [1.807, 2.05) is 6.07 Å². The molecule has 0 aliphatic heterocycles. The monoisotopic (exact) mass is 320 g/mol. The molecule has 21 heavy (non-hydrogen) atoms. The Bertz CT molecular complexity index is 841. The summed E-state index contributed by atoms with van der Waals surface area (Å²) in [7, 11) is 0. The van der Waals surface area contributed by atoms with Crippen molar-refractivity contribution in [2.24, 2.45) is 0 Å². The van der Waals surface area contributed by atoms with Gasteiger partial charge in [-0.15, -0.1) is 0 Å². The third-order valence-corrected chi connectivity index (χ3v) is 3.28. The van der Waals surface area contributed by atoms with Crippen LogP contribution in [-0.4, -0.2) is 9.38 Å². The minimum absolute atomic E-state index is 0.150. The van der Waals surface area contributed by atoms with Gasteiger partial charge in [0, 0.05) is 22.3 Å². The van der Waals surface area contributed by atoms with Crippen LogP contribution in [0, 0.1) is 0 Å². The number of rotatable bonds is 3. The van der Waals surface area contributed by atoms with Crippen LogP contribution in [0.5, 0.6) is 5.75 Å². The van der Waals surface area contributed by atoms with Crippen LogP contribution in [0.25, 0.3) is 5.65 Å². The highest BCUT2D eigenvalue weighted by atomic mass is 35.5. The summed E-state index contributed by atoms with van der Waals surface area (Å²) in [6, 6.07) is 11.7. The summed E-state index contributed by atoms with van der Waals surface area (Å²) < 4.78 is 7.05. The molecule has 4 nitrogen and oxygen atoms in total. The summed E-state index contributed by atoms with van der Waals surface area (Å²) in [6.07, 6.45) is 1.67. The number of ether oxygens (including phenoxy) is 1. The fourth-order valence-corrected chi connectivity index (χ4v) is 2.45. The molecule has 0 N–H and O–H groups in total. The van der Waals surface area contributed by atoms with Gasteiger partial charge in [0.1, 0.15) is 18.0 Å². The topological polar surface area (TPSA) is 43.6 Å². The van der Waals surface area contributed by atoms with E-state index in [-0.39, 0.29) is 12.2 Å². The van der Waals surface area contributed by atoms with Crippen LogP contribution in [0.2, 0.25) is 10.0 Å². The Labute approximate surface area is 130 Å². The molecule has 0 saturated heterocycles. The average Bonchev–Trinajstić information content (AvgIpc) is 2.44. The number of hydrogen-bond donors (Lipinski definition) is 0. The predicted molar refractivity (Wildman–Crippen MR) is 82.3 cm³/mol. The van der Waals surface area contributed by atoms with Crippen LogP contribution in [-0.2, 0) is 6.61 Å². The molecule has 106 valence electrons. The van der Waals surface area contributed by atoms with Crippen LogP contribution in [0.1, 0.15) is 5.69 Å². The van der Waals surface area contributed by atoms with E-state index in [0.717, 1.165) is 0 Å². The normalized spacial score (nSPS) is 10.8. The fraction of sp³-hybridized carbons (Fsp3) is 0.0667. The minimum atomic E-state index is -0.150. The minimum Gasteiger partial charge on any atom is -0.487 e. The average molecular weight is 321 g/mol. The molecule has 0 aliphatic rings. The van der Waals surface area contributed by atoms with E-state index in [0.29, 0.717) is 27.1 Å². The van der Waals surface area contributed by atoms with Crippen molar-refractivity contribution in [1.82, 2.24) is 9.38 Å². The lowest BCUT2D eigenvalue weighted by molar-refractivity contribution is 0.301. The van der Waals surface area contributed by atoms with Gasteiger partial charge in [0.05, 0.1) is 5.69 Å². The smallest absolute Gasteiger partial charge is 0.258 e. The van der Waals surface area contributed by atoms with Crippen LogP contribution < -0.4 is 10.3 Å². The second-order valence-corrected chi connectivity index (χ2v) is 5.28. The Kier molecular flexibility index (Phi) is 3.82. The number of fused-ring (bicyclic) bond motifs is 1. The van der Waals surface area contributed by atoms with E-state index in [9.17, 15) is 4.79 Å². The molecule has 0 amide bonds. The Balaban J connectivity index is 1.86. The number of nitrogens with zero attached hydrogens (tertiary/aromatic N) is 2. The molecule has 6 heteroatoms. The molecule has 0 aliphatic carbocycles. The summed E-state index contributed by atoms with van der Waals surface area (Å²) in [5.41, 5.74) is 0.971. The van der Waals surface area contributed by atoms with Gasteiger partial charge in [0.15, 0.2) is 0 Å². The summed E-state index contributed by atoms with van der Waals surface area (Å²) in [5, 5.41) is 0.980. The van der Waals surface area contributed by atoms with Gasteiger partial charge < -0.3 is 4.74 Å². The molecule has 1 aromatic carbocycles. The van der Waals surface area contributed by atoms with Crippen LogP contribution in [0.3, 0.4) is 0 Å². The maximum absolute atomic E-state index is 11.9. The van der Waals surface area contributed by atoms with Crippen LogP contribution in [0.4, 0.5) is 0 Å². The number of benzene rings is 1. The first kappa shape index (κ1) is 13.9. The first-order chi connectivity index (χ1) is 10.1. The molecular formula is C15H10Cl2N2O2. The lowest BCUT2D eigenvalue weighted by Gasteiger charge is -2.07. The predicted octanol–water partition coefficient (Wildman–Crippen LogP) is 3.58. The third-order valence-electron chi connectivity index (χ3n) is 2.85. The van der Waals surface area contributed by atoms with Gasteiger partial charge in [-0.2, -0.15) is 0 Å². The van der Waals surface area contributed by atoms with Crippen molar-refractivity contribution in [2.75, 3.05) is 0 Å². The van der Waals surface area contributed by atoms with Gasteiger partial charge in [-0.3, -0.25) is 9.20 Å². The molecular weight excluding hydrogens is 311 g/mol. The van der Waals surface area contributed by atoms with E-state index in [1.165, 1.54) is 10.5 Å². The van der Waals surface area contributed by atoms with E-state index >= 15 is 0 Å². The zero-order chi connectivity index (χ0) is 14.8.